The van der Waals surface area contributed by atoms with Crippen molar-refractivity contribution in [2.45, 2.75) is 25.3 Å². The highest BCUT2D eigenvalue weighted by molar-refractivity contribution is 5.75. The maximum atomic E-state index is 10.6. The molecule has 0 saturated heterocycles. The summed E-state index contributed by atoms with van der Waals surface area (Å²) in [5.41, 5.74) is 2.73. The molecule has 0 saturated carbocycles. The van der Waals surface area contributed by atoms with E-state index in [-0.39, 0.29) is 6.04 Å². The van der Waals surface area contributed by atoms with E-state index in [0.29, 0.717) is 5.56 Å². The number of amides is 1. The number of aldehydes is 1. The van der Waals surface area contributed by atoms with Gasteiger partial charge in [-0.15, -0.1) is 0 Å². The summed E-state index contributed by atoms with van der Waals surface area (Å²) in [6.07, 6.45) is 2.49. The van der Waals surface area contributed by atoms with Gasteiger partial charge >= 0.3 is 6.09 Å². The lowest BCUT2D eigenvalue weighted by atomic mass is 9.87. The molecule has 0 heterocycles. The Labute approximate surface area is 93.3 Å². The highest BCUT2D eigenvalue weighted by Gasteiger charge is 2.21. The lowest BCUT2D eigenvalue weighted by Crippen LogP contribution is -2.29. The molecule has 1 unspecified atom stereocenters. The number of hydrogen-bond donors (Lipinski definition) is 2. The van der Waals surface area contributed by atoms with Crippen LogP contribution in [0.25, 0.3) is 0 Å². The monoisotopic (exact) mass is 219 g/mol. The molecular formula is C12H13NO3. The van der Waals surface area contributed by atoms with Crippen molar-refractivity contribution in [3.05, 3.63) is 34.9 Å². The zero-order valence-electron chi connectivity index (χ0n) is 8.77. The fraction of sp³-hybridized carbons (Fsp3) is 0.333. The number of benzene rings is 1. The summed E-state index contributed by atoms with van der Waals surface area (Å²) in [4.78, 5) is 21.3. The first-order chi connectivity index (χ1) is 7.70. The molecule has 4 nitrogen and oxygen atoms in total. The lowest BCUT2D eigenvalue weighted by molar-refractivity contribution is 0.112. The molecule has 0 aliphatic heterocycles. The molecule has 0 spiro atoms. The van der Waals surface area contributed by atoms with Crippen molar-refractivity contribution in [1.82, 2.24) is 5.32 Å². The molecule has 0 aromatic heterocycles. The van der Waals surface area contributed by atoms with Gasteiger partial charge in [0.05, 0.1) is 6.04 Å². The maximum Gasteiger partial charge on any atom is 0.405 e. The number of hydrogen-bond acceptors (Lipinski definition) is 2. The number of aryl methyl sites for hydroxylation is 1. The minimum atomic E-state index is -1.00. The van der Waals surface area contributed by atoms with Crippen LogP contribution in [0.3, 0.4) is 0 Å². The van der Waals surface area contributed by atoms with E-state index in [0.717, 1.165) is 36.7 Å². The van der Waals surface area contributed by atoms with E-state index < -0.39 is 6.09 Å². The summed E-state index contributed by atoms with van der Waals surface area (Å²) in [5.74, 6) is 0. The second-order valence-electron chi connectivity index (χ2n) is 3.97. The Morgan fingerprint density at radius 1 is 1.50 bits per heavy atom. The van der Waals surface area contributed by atoms with Gasteiger partial charge in [-0.1, -0.05) is 12.1 Å². The van der Waals surface area contributed by atoms with Crippen molar-refractivity contribution < 1.29 is 14.7 Å². The smallest absolute Gasteiger partial charge is 0.405 e. The summed E-state index contributed by atoms with van der Waals surface area (Å²) >= 11 is 0. The Balaban J connectivity index is 2.31. The molecule has 1 aliphatic rings. The molecule has 1 atom stereocenters. The Hall–Kier alpha value is -1.84. The van der Waals surface area contributed by atoms with E-state index >= 15 is 0 Å². The van der Waals surface area contributed by atoms with Crippen LogP contribution in [-0.4, -0.2) is 17.5 Å². The van der Waals surface area contributed by atoms with E-state index in [2.05, 4.69) is 5.32 Å². The van der Waals surface area contributed by atoms with Crippen LogP contribution in [-0.2, 0) is 6.42 Å². The first-order valence-corrected chi connectivity index (χ1v) is 5.28. The molecule has 0 radical (unpaired) electrons. The van der Waals surface area contributed by atoms with Gasteiger partial charge in [-0.25, -0.2) is 4.79 Å². The van der Waals surface area contributed by atoms with E-state index in [1.54, 1.807) is 6.07 Å². The summed E-state index contributed by atoms with van der Waals surface area (Å²) in [6, 6.07) is 5.28. The molecule has 0 fully saturated rings. The standard InChI is InChI=1S/C12H13NO3/c14-7-8-4-5-10-9(6-8)2-1-3-11(10)13-12(15)16/h4-7,11,13H,1-3H2,(H,15,16). The van der Waals surface area contributed by atoms with Crippen molar-refractivity contribution in [2.75, 3.05) is 0 Å². The molecular weight excluding hydrogens is 206 g/mol. The highest BCUT2D eigenvalue weighted by Crippen LogP contribution is 2.30. The van der Waals surface area contributed by atoms with Gasteiger partial charge in [-0.2, -0.15) is 0 Å². The first-order valence-electron chi connectivity index (χ1n) is 5.28. The molecule has 0 bridgehead atoms. The number of rotatable bonds is 2. The van der Waals surface area contributed by atoms with Crippen molar-refractivity contribution in [3.8, 4) is 0 Å². The molecule has 1 aromatic carbocycles. The molecule has 1 amide bonds. The fourth-order valence-electron chi connectivity index (χ4n) is 2.21. The van der Waals surface area contributed by atoms with Crippen molar-refractivity contribution in [3.63, 3.8) is 0 Å². The van der Waals surface area contributed by atoms with E-state index in [4.69, 9.17) is 5.11 Å². The average molecular weight is 219 g/mol. The van der Waals surface area contributed by atoms with Crippen LogP contribution in [0.1, 0.15) is 40.4 Å². The Morgan fingerprint density at radius 2 is 2.31 bits per heavy atom. The summed E-state index contributed by atoms with van der Waals surface area (Å²) in [6.45, 7) is 0. The van der Waals surface area contributed by atoms with Gasteiger partial charge in [-0.3, -0.25) is 4.79 Å². The fourth-order valence-corrected chi connectivity index (χ4v) is 2.21. The lowest BCUT2D eigenvalue weighted by Gasteiger charge is -2.25. The predicted molar refractivity (Wildman–Crippen MR) is 58.7 cm³/mol. The molecule has 1 aliphatic carbocycles. The van der Waals surface area contributed by atoms with Gasteiger partial charge in [0.15, 0.2) is 0 Å². The van der Waals surface area contributed by atoms with Gasteiger partial charge in [0, 0.05) is 5.56 Å². The van der Waals surface area contributed by atoms with Crippen LogP contribution in [0, 0.1) is 0 Å². The van der Waals surface area contributed by atoms with E-state index in [1.807, 2.05) is 12.1 Å². The summed E-state index contributed by atoms with van der Waals surface area (Å²) in [7, 11) is 0. The Bertz CT molecular complexity index is 428. The van der Waals surface area contributed by atoms with Crippen LogP contribution in [0.4, 0.5) is 4.79 Å². The SMILES string of the molecule is O=Cc1ccc2c(c1)CCCC2NC(=O)O. The average Bonchev–Trinajstić information content (AvgIpc) is 2.28. The molecule has 16 heavy (non-hydrogen) atoms. The number of nitrogens with one attached hydrogen (secondary N) is 1. The normalized spacial score (nSPS) is 18.6. The summed E-state index contributed by atoms with van der Waals surface area (Å²) in [5, 5.41) is 11.2. The Morgan fingerprint density at radius 3 is 3.00 bits per heavy atom. The second-order valence-corrected chi connectivity index (χ2v) is 3.97. The van der Waals surface area contributed by atoms with Crippen LogP contribution >= 0.6 is 0 Å². The third kappa shape index (κ3) is 2.05. The van der Waals surface area contributed by atoms with Crippen molar-refractivity contribution in [1.29, 1.82) is 0 Å². The largest absolute Gasteiger partial charge is 0.465 e. The van der Waals surface area contributed by atoms with Gasteiger partial charge in [0.1, 0.15) is 6.29 Å². The number of fused-ring (bicyclic) bond motifs is 1. The third-order valence-corrected chi connectivity index (χ3v) is 2.92. The van der Waals surface area contributed by atoms with Crippen LogP contribution < -0.4 is 5.32 Å². The van der Waals surface area contributed by atoms with Gasteiger partial charge in [0.2, 0.25) is 0 Å². The molecule has 1 aromatic rings. The Kier molecular flexibility index (Phi) is 2.90. The predicted octanol–water partition coefficient (Wildman–Crippen LogP) is 2.14. The molecule has 2 rings (SSSR count). The van der Waals surface area contributed by atoms with Gasteiger partial charge in [0.25, 0.3) is 0 Å². The number of carbonyl (C=O) groups is 2. The molecule has 2 N–H and O–H groups in total. The highest BCUT2D eigenvalue weighted by atomic mass is 16.4. The van der Waals surface area contributed by atoms with Crippen molar-refractivity contribution >= 4 is 12.4 Å². The minimum Gasteiger partial charge on any atom is -0.465 e. The first kappa shape index (κ1) is 10.7. The van der Waals surface area contributed by atoms with Crippen molar-refractivity contribution in [2.24, 2.45) is 0 Å². The number of carboxylic acid groups (broad SMARTS) is 1. The molecule has 84 valence electrons. The van der Waals surface area contributed by atoms with Crippen LogP contribution in [0.2, 0.25) is 0 Å². The van der Waals surface area contributed by atoms with Gasteiger partial charge < -0.3 is 10.4 Å². The zero-order valence-corrected chi connectivity index (χ0v) is 8.77. The van der Waals surface area contributed by atoms with E-state index in [1.165, 1.54) is 0 Å². The zero-order chi connectivity index (χ0) is 11.5. The summed E-state index contributed by atoms with van der Waals surface area (Å²) < 4.78 is 0. The second kappa shape index (κ2) is 4.35. The topological polar surface area (TPSA) is 66.4 Å². The maximum absolute atomic E-state index is 10.6. The van der Waals surface area contributed by atoms with Gasteiger partial charge in [-0.05, 0) is 36.5 Å². The van der Waals surface area contributed by atoms with E-state index in [9.17, 15) is 9.59 Å². The third-order valence-electron chi connectivity index (χ3n) is 2.92. The quantitative estimate of drug-likeness (QED) is 0.749. The minimum absolute atomic E-state index is 0.137. The van der Waals surface area contributed by atoms with Crippen LogP contribution in [0.15, 0.2) is 18.2 Å². The van der Waals surface area contributed by atoms with Crippen LogP contribution in [0.5, 0.6) is 0 Å². The number of carbonyl (C=O) groups excluding carboxylic acids is 1. The molecule has 4 heteroatoms.